The number of carbonyl (C=O) groups excluding carboxylic acids is 8. The molecule has 0 radical (unpaired) electrons. The van der Waals surface area contributed by atoms with Gasteiger partial charge in [-0.15, -0.1) is 0 Å². The first kappa shape index (κ1) is 57.6. The maximum absolute atomic E-state index is 14.5. The van der Waals surface area contributed by atoms with Gasteiger partial charge in [-0.05, 0) is 68.7 Å². The van der Waals surface area contributed by atoms with Crippen molar-refractivity contribution in [3.05, 3.63) is 71.9 Å². The van der Waals surface area contributed by atoms with Crippen LogP contribution < -0.4 is 65.5 Å². The van der Waals surface area contributed by atoms with Crippen LogP contribution >= 0.6 is 0 Å². The Morgan fingerprint density at radius 3 is 2.29 bits per heavy atom. The molecule has 2 aromatic carbocycles. The van der Waals surface area contributed by atoms with Gasteiger partial charge in [-0.2, -0.15) is 0 Å². The lowest BCUT2D eigenvalue weighted by atomic mass is 9.91. The normalized spacial score (nSPS) is 21.9. The molecule has 7 amide bonds. The molecule has 0 spiro atoms. The smallest absolute Gasteiger partial charge is 0.243 e. The highest BCUT2D eigenvalue weighted by Crippen LogP contribution is 2.22. The molecule has 2 heterocycles. The van der Waals surface area contributed by atoms with Gasteiger partial charge in [-0.25, -0.2) is 0 Å². The van der Waals surface area contributed by atoms with Crippen molar-refractivity contribution in [3.63, 3.8) is 0 Å². The van der Waals surface area contributed by atoms with Crippen LogP contribution in [0.1, 0.15) is 89.2 Å². The first-order valence-electron chi connectivity index (χ1n) is 24.5. The van der Waals surface area contributed by atoms with Crippen molar-refractivity contribution in [2.24, 2.45) is 27.9 Å². The van der Waals surface area contributed by atoms with Crippen LogP contribution in [0.15, 0.2) is 65.8 Å². The summed E-state index contributed by atoms with van der Waals surface area (Å²) in [5.41, 5.74) is 23.7. The molecule has 1 aliphatic heterocycles. The highest BCUT2D eigenvalue weighted by Gasteiger charge is 2.37. The number of rotatable bonds is 21. The fourth-order valence-corrected chi connectivity index (χ4v) is 8.34. The van der Waals surface area contributed by atoms with Gasteiger partial charge in [0.1, 0.15) is 42.2 Å². The van der Waals surface area contributed by atoms with Gasteiger partial charge in [0.25, 0.3) is 0 Å². The number of aliphatic hydroxyl groups is 1. The number of hydrogen-bond acceptors (Lipinski definition) is 13. The molecule has 1 fully saturated rings. The number of amides is 7. The van der Waals surface area contributed by atoms with Crippen LogP contribution in [0, 0.1) is 0 Å². The summed E-state index contributed by atoms with van der Waals surface area (Å²) >= 11 is 0. The molecule has 1 aromatic heterocycles. The van der Waals surface area contributed by atoms with Crippen molar-refractivity contribution < 1.29 is 43.5 Å². The van der Waals surface area contributed by atoms with Crippen molar-refractivity contribution in [1.29, 1.82) is 0 Å². The summed E-state index contributed by atoms with van der Waals surface area (Å²) in [4.78, 5) is 117. The number of unbranched alkanes of at least 4 members (excludes halogenated alkanes) is 1. The molecular formula is C49H74N14O9. The summed E-state index contributed by atoms with van der Waals surface area (Å²) in [6, 6.07) is 8.72. The number of benzene rings is 2. The number of aliphatic hydroxyl groups excluding tert-OH is 1. The molecule has 0 bridgehead atoms. The molecule has 8 unspecified atom stereocenters. The number of aromatic nitrogens is 1. The van der Waals surface area contributed by atoms with Crippen molar-refractivity contribution >= 4 is 64.5 Å². The fraction of sp³-hybridized carbons (Fsp3) is 0.531. The number of nitrogens with one attached hydrogen (secondary N) is 9. The van der Waals surface area contributed by atoms with Gasteiger partial charge >= 0.3 is 0 Å². The number of nitrogens with zero attached hydrogens (tertiary/aromatic N) is 1. The number of carbonyl (C=O) groups is 8. The largest absolute Gasteiger partial charge is 0.376 e. The van der Waals surface area contributed by atoms with Crippen LogP contribution in [0.25, 0.3) is 10.9 Å². The predicted molar refractivity (Wildman–Crippen MR) is 271 cm³/mol. The average Bonchev–Trinajstić information content (AvgIpc) is 3.76. The van der Waals surface area contributed by atoms with Gasteiger partial charge in [0.2, 0.25) is 41.4 Å². The molecular weight excluding hydrogens is 929 g/mol. The summed E-state index contributed by atoms with van der Waals surface area (Å²) < 4.78 is 0. The third kappa shape index (κ3) is 18.3. The molecule has 1 saturated heterocycles. The Balaban J connectivity index is 1.76. The maximum atomic E-state index is 14.5. The number of para-hydroxylation sites is 1. The Morgan fingerprint density at radius 1 is 0.903 bits per heavy atom. The lowest BCUT2D eigenvalue weighted by Gasteiger charge is -2.33. The van der Waals surface area contributed by atoms with Gasteiger partial charge < -0.3 is 75.0 Å². The molecule has 3 aromatic rings. The van der Waals surface area contributed by atoms with E-state index in [2.05, 4.69) is 52.5 Å². The highest BCUT2D eigenvalue weighted by molar-refractivity contribution is 5.96. The second-order valence-corrected chi connectivity index (χ2v) is 18.1. The molecule has 1 aliphatic rings. The minimum atomic E-state index is -1.67. The maximum Gasteiger partial charge on any atom is 0.243 e. The lowest BCUT2D eigenvalue weighted by Crippen LogP contribution is -2.63. The monoisotopic (exact) mass is 1000 g/mol. The second-order valence-electron chi connectivity index (χ2n) is 18.1. The fourth-order valence-electron chi connectivity index (χ4n) is 8.34. The Labute approximate surface area is 419 Å². The molecule has 23 heteroatoms. The van der Waals surface area contributed by atoms with Crippen LogP contribution in [0.4, 0.5) is 0 Å². The second kappa shape index (κ2) is 29.4. The predicted octanol–water partition coefficient (Wildman–Crippen LogP) is -2.03. The quantitative estimate of drug-likeness (QED) is 0.0237. The molecule has 72 heavy (non-hydrogen) atoms. The van der Waals surface area contributed by atoms with E-state index in [1.807, 2.05) is 31.2 Å². The number of aliphatic imine (C=N–C) groups is 1. The number of H-pyrrole nitrogens is 1. The first-order chi connectivity index (χ1) is 34.5. The minimum absolute atomic E-state index is 0.00468. The summed E-state index contributed by atoms with van der Waals surface area (Å²) in [5.74, 6) is -5.01. The first-order valence-corrected chi connectivity index (χ1v) is 24.5. The third-order valence-corrected chi connectivity index (χ3v) is 12.3. The van der Waals surface area contributed by atoms with Crippen LogP contribution in [0.5, 0.6) is 0 Å². The number of aldehydes is 1. The van der Waals surface area contributed by atoms with Gasteiger partial charge in [0.05, 0.1) is 12.1 Å². The number of guanidine groups is 1. The molecule has 18 N–H and O–H groups in total. The van der Waals surface area contributed by atoms with E-state index in [9.17, 15) is 43.5 Å². The van der Waals surface area contributed by atoms with Gasteiger partial charge in [0.15, 0.2) is 5.96 Å². The Hall–Kier alpha value is -6.95. The molecule has 4 rings (SSSR count). The highest BCUT2D eigenvalue weighted by atomic mass is 16.3. The van der Waals surface area contributed by atoms with Gasteiger partial charge in [0, 0.05) is 62.9 Å². The Kier molecular flexibility index (Phi) is 23.5. The van der Waals surface area contributed by atoms with Crippen LogP contribution in [-0.2, 0) is 51.2 Å². The molecule has 23 nitrogen and oxygen atoms in total. The van der Waals surface area contributed by atoms with E-state index in [4.69, 9.17) is 22.9 Å². The SMILES string of the molecule is CCCCC(NC(C)=O)C(=O)NC1CCC(=O)NCCC(C(=O)NC(C=O)(CN)Cc2c[nH]c3ccccc23)NC(O)C(CCCN=C(N)N)NC(=O)C(Cc2ccccc2)NC(=O)C(CCCN)NC1=O. The van der Waals surface area contributed by atoms with E-state index in [0.717, 1.165) is 10.9 Å². The van der Waals surface area contributed by atoms with Crippen molar-refractivity contribution in [3.8, 4) is 0 Å². The zero-order valence-electron chi connectivity index (χ0n) is 41.2. The molecule has 0 saturated carbocycles. The van der Waals surface area contributed by atoms with E-state index < -0.39 is 89.4 Å². The van der Waals surface area contributed by atoms with Crippen molar-refractivity contribution in [2.75, 3.05) is 26.2 Å². The summed E-state index contributed by atoms with van der Waals surface area (Å²) in [5, 5.41) is 34.8. The summed E-state index contributed by atoms with van der Waals surface area (Å²) in [7, 11) is 0. The van der Waals surface area contributed by atoms with E-state index in [1.54, 1.807) is 36.5 Å². The Morgan fingerprint density at radius 2 is 1.61 bits per heavy atom. The van der Waals surface area contributed by atoms with E-state index in [0.29, 0.717) is 30.3 Å². The average molecular weight is 1000 g/mol. The van der Waals surface area contributed by atoms with Crippen LogP contribution in [-0.4, -0.2) is 138 Å². The van der Waals surface area contributed by atoms with Crippen molar-refractivity contribution in [1.82, 2.24) is 47.5 Å². The number of fused-ring (bicyclic) bond motifs is 1. The number of nitrogens with two attached hydrogens (primary N) is 4. The summed E-state index contributed by atoms with van der Waals surface area (Å²) in [6.45, 7) is 2.92. The number of hydrogen-bond donors (Lipinski definition) is 14. The number of aromatic amines is 1. The third-order valence-electron chi connectivity index (χ3n) is 12.3. The standard InChI is InChI=1S/C49H74N14O9/c1-3-4-15-35(57-30(2)65)42(67)60-38-19-20-41(66)54-24-21-39(47(72)63-49(28-51,29-64)26-32-27-56-34-16-9-8-14-33(32)34)61-43(68)37(18-11-23-55-48(52)53)59-46(71)40(25-31-12-6-5-7-13-31)62-44(69)36(17-10-22-50)58-45(38)70/h5-9,12-14,16,27,29,35-40,43,56,61,68H,3-4,10-11,15,17-26,28,50-51H2,1-2H3,(H,54,66)(H,57,65)(H,58,70)(H,59,71)(H,60,67)(H,62,69)(H,63,72)(H4,52,53,55). The summed E-state index contributed by atoms with van der Waals surface area (Å²) in [6.07, 6.45) is 1.90. The van der Waals surface area contributed by atoms with Crippen LogP contribution in [0.3, 0.4) is 0 Å². The molecule has 8 atom stereocenters. The van der Waals surface area contributed by atoms with E-state index >= 15 is 0 Å². The van der Waals surface area contributed by atoms with Gasteiger partial charge in [-0.1, -0.05) is 68.3 Å². The lowest BCUT2D eigenvalue weighted by molar-refractivity contribution is -0.135. The minimum Gasteiger partial charge on any atom is -0.376 e. The molecule has 0 aliphatic carbocycles. The topological polar surface area (TPSA) is 385 Å². The van der Waals surface area contributed by atoms with Gasteiger partial charge in [-0.3, -0.25) is 43.9 Å². The zero-order chi connectivity index (χ0) is 52.6. The zero-order valence-corrected chi connectivity index (χ0v) is 41.2. The molecule has 394 valence electrons. The van der Waals surface area contributed by atoms with E-state index in [1.165, 1.54) is 6.92 Å². The van der Waals surface area contributed by atoms with E-state index in [-0.39, 0.29) is 96.3 Å². The van der Waals surface area contributed by atoms with Crippen LogP contribution in [0.2, 0.25) is 0 Å². The van der Waals surface area contributed by atoms with Crippen molar-refractivity contribution in [2.45, 2.75) is 139 Å². The Bertz CT molecular complexity index is 2310.